The molecule has 0 radical (unpaired) electrons. The summed E-state index contributed by atoms with van der Waals surface area (Å²) in [5, 5.41) is 5.78. The van der Waals surface area contributed by atoms with Crippen LogP contribution in [0.4, 0.5) is 0 Å². The van der Waals surface area contributed by atoms with E-state index in [1.54, 1.807) is 18.2 Å². The minimum absolute atomic E-state index is 0.153. The van der Waals surface area contributed by atoms with Gasteiger partial charge in [-0.05, 0) is 38.1 Å². The predicted molar refractivity (Wildman–Crippen MR) is 89.8 cm³/mol. The number of benzene rings is 1. The minimum atomic E-state index is -3.59. The van der Waals surface area contributed by atoms with Crippen LogP contribution in [0.3, 0.4) is 0 Å². The van der Waals surface area contributed by atoms with E-state index in [0.717, 1.165) is 12.8 Å². The first-order chi connectivity index (χ1) is 11.0. The smallest absolute Gasteiger partial charge is 0.251 e. The van der Waals surface area contributed by atoms with Crippen molar-refractivity contribution in [1.82, 2.24) is 14.9 Å². The van der Waals surface area contributed by atoms with Crippen LogP contribution in [0.5, 0.6) is 0 Å². The molecule has 1 amide bonds. The van der Waals surface area contributed by atoms with Crippen molar-refractivity contribution < 1.29 is 13.2 Å². The number of piperidine rings is 1. The number of sulfonamides is 1. The second-order valence-corrected chi connectivity index (χ2v) is 7.46. The van der Waals surface area contributed by atoms with Crippen LogP contribution in [-0.4, -0.2) is 51.4 Å². The summed E-state index contributed by atoms with van der Waals surface area (Å²) in [6, 6.07) is 6.32. The normalized spacial score (nSPS) is 19.3. The maximum atomic E-state index is 12.8. The molecule has 2 rings (SSSR count). The quantitative estimate of drug-likeness (QED) is 0.759. The SMILES string of the molecule is C=CCNC(=O)c1cccc(S(=O)(=O)N2CCCC(NC)C2)c1. The third kappa shape index (κ3) is 4.19. The molecule has 1 aliphatic heterocycles. The van der Waals surface area contributed by atoms with E-state index in [1.807, 2.05) is 7.05 Å². The van der Waals surface area contributed by atoms with E-state index in [-0.39, 0.29) is 16.8 Å². The van der Waals surface area contributed by atoms with Crippen molar-refractivity contribution in [2.45, 2.75) is 23.8 Å². The first-order valence-corrected chi connectivity index (χ1v) is 9.09. The second-order valence-electron chi connectivity index (χ2n) is 5.52. The van der Waals surface area contributed by atoms with Gasteiger partial charge in [0.05, 0.1) is 4.90 Å². The number of hydrogen-bond acceptors (Lipinski definition) is 4. The van der Waals surface area contributed by atoms with Gasteiger partial charge in [-0.15, -0.1) is 6.58 Å². The first-order valence-electron chi connectivity index (χ1n) is 7.65. The van der Waals surface area contributed by atoms with Crippen LogP contribution in [0.2, 0.25) is 0 Å². The van der Waals surface area contributed by atoms with Gasteiger partial charge in [0.15, 0.2) is 0 Å². The Kier molecular flexibility index (Phi) is 5.92. The van der Waals surface area contributed by atoms with Gasteiger partial charge in [-0.3, -0.25) is 4.79 Å². The Morgan fingerprint density at radius 3 is 2.96 bits per heavy atom. The Hall–Kier alpha value is -1.70. The Bertz CT molecular complexity index is 673. The molecule has 1 aromatic carbocycles. The summed E-state index contributed by atoms with van der Waals surface area (Å²) in [4.78, 5) is 12.1. The molecule has 1 fully saturated rings. The second kappa shape index (κ2) is 7.72. The van der Waals surface area contributed by atoms with Crippen molar-refractivity contribution in [3.63, 3.8) is 0 Å². The van der Waals surface area contributed by atoms with Gasteiger partial charge < -0.3 is 10.6 Å². The summed E-state index contributed by atoms with van der Waals surface area (Å²) in [5.74, 6) is -0.311. The molecule has 7 heteroatoms. The van der Waals surface area contributed by atoms with E-state index in [1.165, 1.54) is 16.4 Å². The lowest BCUT2D eigenvalue weighted by Crippen LogP contribution is -2.46. The number of nitrogens with zero attached hydrogens (tertiary/aromatic N) is 1. The predicted octanol–water partition coefficient (Wildman–Crippen LogP) is 0.975. The Labute approximate surface area is 137 Å². The van der Waals surface area contributed by atoms with Crippen LogP contribution >= 0.6 is 0 Å². The molecule has 0 aliphatic carbocycles. The van der Waals surface area contributed by atoms with Gasteiger partial charge in [-0.25, -0.2) is 8.42 Å². The number of amides is 1. The van der Waals surface area contributed by atoms with E-state index in [9.17, 15) is 13.2 Å². The highest BCUT2D eigenvalue weighted by molar-refractivity contribution is 7.89. The zero-order valence-corrected chi connectivity index (χ0v) is 14.1. The topological polar surface area (TPSA) is 78.5 Å². The van der Waals surface area contributed by atoms with Crippen LogP contribution in [-0.2, 0) is 10.0 Å². The van der Waals surface area contributed by atoms with Crippen molar-refractivity contribution in [3.05, 3.63) is 42.5 Å². The van der Waals surface area contributed by atoms with Gasteiger partial charge >= 0.3 is 0 Å². The number of hydrogen-bond donors (Lipinski definition) is 2. The largest absolute Gasteiger partial charge is 0.349 e. The fourth-order valence-corrected chi connectivity index (χ4v) is 4.18. The summed E-state index contributed by atoms with van der Waals surface area (Å²) < 4.78 is 27.1. The molecule has 1 saturated heterocycles. The molecule has 1 atom stereocenters. The van der Waals surface area contributed by atoms with Crippen LogP contribution in [0.1, 0.15) is 23.2 Å². The van der Waals surface area contributed by atoms with Gasteiger partial charge in [0.25, 0.3) is 5.91 Å². The fourth-order valence-electron chi connectivity index (χ4n) is 2.61. The number of rotatable bonds is 6. The molecule has 1 aliphatic rings. The number of likely N-dealkylation sites (N-methyl/N-ethyl adjacent to an activating group) is 1. The molecule has 1 aromatic rings. The van der Waals surface area contributed by atoms with Crippen LogP contribution in [0.15, 0.2) is 41.8 Å². The lowest BCUT2D eigenvalue weighted by Gasteiger charge is -2.31. The van der Waals surface area contributed by atoms with E-state index in [4.69, 9.17) is 0 Å². The fraction of sp³-hybridized carbons (Fsp3) is 0.438. The molecule has 6 nitrogen and oxygen atoms in total. The van der Waals surface area contributed by atoms with Crippen molar-refractivity contribution in [2.75, 3.05) is 26.7 Å². The molecule has 0 spiro atoms. The van der Waals surface area contributed by atoms with Gasteiger partial charge in [0.2, 0.25) is 10.0 Å². The molecule has 1 unspecified atom stereocenters. The van der Waals surface area contributed by atoms with E-state index >= 15 is 0 Å². The number of carbonyl (C=O) groups is 1. The minimum Gasteiger partial charge on any atom is -0.349 e. The first kappa shape index (κ1) is 17.7. The molecule has 2 N–H and O–H groups in total. The van der Waals surface area contributed by atoms with Crippen molar-refractivity contribution >= 4 is 15.9 Å². The summed E-state index contributed by atoms with van der Waals surface area (Å²) in [6.45, 7) is 4.83. The molecule has 1 heterocycles. The monoisotopic (exact) mass is 337 g/mol. The van der Waals surface area contributed by atoms with Crippen LogP contribution < -0.4 is 10.6 Å². The van der Waals surface area contributed by atoms with E-state index in [2.05, 4.69) is 17.2 Å². The highest BCUT2D eigenvalue weighted by Crippen LogP contribution is 2.21. The molecule has 0 aromatic heterocycles. The number of carbonyl (C=O) groups excluding carboxylic acids is 1. The van der Waals surface area contributed by atoms with Gasteiger partial charge in [-0.2, -0.15) is 4.31 Å². The summed E-state index contributed by atoms with van der Waals surface area (Å²) in [5.41, 5.74) is 0.329. The molecule has 0 bridgehead atoms. The van der Waals surface area contributed by atoms with Gasteiger partial charge in [0.1, 0.15) is 0 Å². The Morgan fingerprint density at radius 2 is 2.26 bits per heavy atom. The molecule has 0 saturated carbocycles. The molecule has 23 heavy (non-hydrogen) atoms. The zero-order chi connectivity index (χ0) is 16.9. The highest BCUT2D eigenvalue weighted by atomic mass is 32.2. The molecule has 126 valence electrons. The Morgan fingerprint density at radius 1 is 1.48 bits per heavy atom. The van der Waals surface area contributed by atoms with Crippen LogP contribution in [0, 0.1) is 0 Å². The molecular formula is C16H23N3O3S. The molecular weight excluding hydrogens is 314 g/mol. The van der Waals surface area contributed by atoms with E-state index < -0.39 is 10.0 Å². The maximum absolute atomic E-state index is 12.8. The standard InChI is InChI=1S/C16H23N3O3S/c1-3-9-18-16(20)13-6-4-8-15(11-13)23(21,22)19-10-5-7-14(12-19)17-2/h3-4,6,8,11,14,17H,1,5,7,9-10,12H2,2H3,(H,18,20). The average molecular weight is 337 g/mol. The van der Waals surface area contributed by atoms with Crippen LogP contribution in [0.25, 0.3) is 0 Å². The Balaban J connectivity index is 2.22. The summed E-state index contributed by atoms with van der Waals surface area (Å²) in [6.07, 6.45) is 3.36. The zero-order valence-electron chi connectivity index (χ0n) is 13.3. The van der Waals surface area contributed by atoms with Gasteiger partial charge in [0, 0.05) is 31.2 Å². The summed E-state index contributed by atoms with van der Waals surface area (Å²) >= 11 is 0. The van der Waals surface area contributed by atoms with Gasteiger partial charge in [-0.1, -0.05) is 12.1 Å². The third-order valence-corrected chi connectivity index (χ3v) is 5.79. The average Bonchev–Trinajstić information content (AvgIpc) is 2.59. The van der Waals surface area contributed by atoms with Crippen molar-refractivity contribution in [1.29, 1.82) is 0 Å². The highest BCUT2D eigenvalue weighted by Gasteiger charge is 2.30. The lowest BCUT2D eigenvalue weighted by atomic mass is 10.1. The van der Waals surface area contributed by atoms with Crippen molar-refractivity contribution in [2.24, 2.45) is 0 Å². The summed E-state index contributed by atoms with van der Waals surface area (Å²) in [7, 11) is -1.75. The lowest BCUT2D eigenvalue weighted by molar-refractivity contribution is 0.0958. The third-order valence-electron chi connectivity index (χ3n) is 3.93. The van der Waals surface area contributed by atoms with Crippen molar-refractivity contribution in [3.8, 4) is 0 Å². The van der Waals surface area contributed by atoms with E-state index in [0.29, 0.717) is 25.2 Å². The number of nitrogens with one attached hydrogen (secondary N) is 2. The maximum Gasteiger partial charge on any atom is 0.251 e.